The number of nitrogens with two attached hydrogens (primary N) is 2. The fourth-order valence-corrected chi connectivity index (χ4v) is 3.14. The van der Waals surface area contributed by atoms with Gasteiger partial charge in [0.1, 0.15) is 0 Å². The van der Waals surface area contributed by atoms with E-state index in [-0.39, 0.29) is 23.1 Å². The van der Waals surface area contributed by atoms with Crippen molar-refractivity contribution in [3.05, 3.63) is 34.9 Å². The van der Waals surface area contributed by atoms with Crippen LogP contribution in [0.15, 0.2) is 23.2 Å². The largest absolute Gasteiger partial charge is 0.416 e. The lowest BCUT2D eigenvalue weighted by molar-refractivity contribution is -0.138. The van der Waals surface area contributed by atoms with Gasteiger partial charge in [0.2, 0.25) is 0 Å². The number of benzene rings is 1. The number of nitrogens with zero attached hydrogens (tertiary/aromatic N) is 3. The number of carbonyl (C=O) groups is 2. The van der Waals surface area contributed by atoms with Crippen LogP contribution in [0.3, 0.4) is 0 Å². The normalized spacial score (nSPS) is 15.4. The highest BCUT2D eigenvalue weighted by molar-refractivity contribution is 6.02. The first kappa shape index (κ1) is 20.5. The van der Waals surface area contributed by atoms with E-state index in [1.54, 1.807) is 19.0 Å². The Morgan fingerprint density at radius 2 is 1.78 bits per heavy atom. The lowest BCUT2D eigenvalue weighted by Gasteiger charge is -2.34. The molecule has 0 unspecified atom stereocenters. The maximum absolute atomic E-state index is 13.6. The smallest absolute Gasteiger partial charge is 0.370 e. The highest BCUT2D eigenvalue weighted by Crippen LogP contribution is 2.39. The molecule has 10 heteroatoms. The zero-order valence-electron chi connectivity index (χ0n) is 15.1. The maximum Gasteiger partial charge on any atom is 0.416 e. The molecule has 1 heterocycles. The molecule has 0 radical (unpaired) electrons. The van der Waals surface area contributed by atoms with Crippen LogP contribution in [-0.2, 0) is 6.18 Å². The number of urea groups is 1. The molecule has 0 aliphatic carbocycles. The first-order valence-electron chi connectivity index (χ1n) is 8.32. The summed E-state index contributed by atoms with van der Waals surface area (Å²) in [6, 6.07) is 3.20. The number of likely N-dealkylation sites (tertiary alicyclic amines) is 1. The summed E-state index contributed by atoms with van der Waals surface area (Å²) in [7, 11) is 3.25. The zero-order chi connectivity index (χ0) is 20.4. The van der Waals surface area contributed by atoms with Crippen LogP contribution in [0.4, 0.5) is 18.0 Å². The number of piperidine rings is 1. The van der Waals surface area contributed by atoms with Gasteiger partial charge in [-0.25, -0.2) is 4.79 Å². The third kappa shape index (κ3) is 4.89. The van der Waals surface area contributed by atoms with Crippen LogP contribution in [-0.4, -0.2) is 54.9 Å². The van der Waals surface area contributed by atoms with Gasteiger partial charge in [0.05, 0.1) is 5.56 Å². The monoisotopic (exact) mass is 385 g/mol. The summed E-state index contributed by atoms with van der Waals surface area (Å²) >= 11 is 0. The minimum absolute atomic E-state index is 0.112. The average molecular weight is 385 g/mol. The summed E-state index contributed by atoms with van der Waals surface area (Å²) < 4.78 is 40.7. The van der Waals surface area contributed by atoms with Crippen molar-refractivity contribution < 1.29 is 22.8 Å². The van der Waals surface area contributed by atoms with Crippen molar-refractivity contribution in [2.45, 2.75) is 24.9 Å². The van der Waals surface area contributed by atoms with Crippen LogP contribution in [0.1, 0.15) is 40.2 Å². The van der Waals surface area contributed by atoms with E-state index in [9.17, 15) is 22.8 Å². The third-order valence-corrected chi connectivity index (χ3v) is 4.42. The van der Waals surface area contributed by atoms with Crippen molar-refractivity contribution in [1.29, 1.82) is 0 Å². The summed E-state index contributed by atoms with van der Waals surface area (Å²) in [5.74, 6) is -1.81. The van der Waals surface area contributed by atoms with Crippen LogP contribution in [0, 0.1) is 0 Å². The predicted octanol–water partition coefficient (Wildman–Crippen LogP) is 1.98. The molecule has 1 aliphatic rings. The van der Waals surface area contributed by atoms with Gasteiger partial charge in [0, 0.05) is 32.7 Å². The van der Waals surface area contributed by atoms with Gasteiger partial charge in [0.25, 0.3) is 5.91 Å². The topological polar surface area (TPSA) is 105 Å². The van der Waals surface area contributed by atoms with Gasteiger partial charge in [-0.05, 0) is 36.5 Å². The van der Waals surface area contributed by atoms with E-state index in [2.05, 4.69) is 4.99 Å². The number of guanidine groups is 1. The first-order valence-corrected chi connectivity index (χ1v) is 8.32. The second-order valence-electron chi connectivity index (χ2n) is 6.58. The second-order valence-corrected chi connectivity index (χ2v) is 6.58. The Hall–Kier alpha value is -2.78. The molecule has 1 saturated heterocycles. The number of rotatable bonds is 2. The van der Waals surface area contributed by atoms with Crippen LogP contribution < -0.4 is 11.5 Å². The Balaban J connectivity index is 2.28. The second kappa shape index (κ2) is 7.85. The summed E-state index contributed by atoms with van der Waals surface area (Å²) in [6.07, 6.45) is -3.81. The molecule has 0 atom stereocenters. The van der Waals surface area contributed by atoms with Crippen LogP contribution >= 0.6 is 0 Å². The molecule has 7 nitrogen and oxygen atoms in total. The lowest BCUT2D eigenvalue weighted by atomic mass is 9.85. The molecule has 3 amide bonds. The van der Waals surface area contributed by atoms with Gasteiger partial charge in [0.15, 0.2) is 5.96 Å². The Kier molecular flexibility index (Phi) is 5.97. The van der Waals surface area contributed by atoms with Crippen molar-refractivity contribution in [1.82, 2.24) is 9.80 Å². The molecule has 1 aliphatic heterocycles. The van der Waals surface area contributed by atoms with Crippen molar-refractivity contribution in [3.8, 4) is 0 Å². The van der Waals surface area contributed by atoms with Crippen LogP contribution in [0.2, 0.25) is 0 Å². The molecule has 0 spiro atoms. The highest BCUT2D eigenvalue weighted by Gasteiger charge is 2.37. The predicted molar refractivity (Wildman–Crippen MR) is 94.2 cm³/mol. The molecule has 1 fully saturated rings. The fraction of sp³-hybridized carbons (Fsp3) is 0.471. The number of amides is 3. The molecule has 4 N–H and O–H groups in total. The summed E-state index contributed by atoms with van der Waals surface area (Å²) in [5, 5.41) is 0. The lowest BCUT2D eigenvalue weighted by Crippen LogP contribution is -2.43. The van der Waals surface area contributed by atoms with E-state index in [0.717, 1.165) is 6.07 Å². The minimum Gasteiger partial charge on any atom is -0.370 e. The Bertz CT molecular complexity index is 749. The number of hydrogen-bond acceptors (Lipinski definition) is 2. The van der Waals surface area contributed by atoms with Gasteiger partial charge >= 0.3 is 12.2 Å². The number of halogens is 3. The van der Waals surface area contributed by atoms with E-state index >= 15 is 0 Å². The van der Waals surface area contributed by atoms with E-state index < -0.39 is 23.6 Å². The Morgan fingerprint density at radius 1 is 1.19 bits per heavy atom. The Labute approximate surface area is 154 Å². The van der Waals surface area contributed by atoms with Crippen molar-refractivity contribution in [2.75, 3.05) is 27.2 Å². The molecular formula is C17H22F3N5O2. The molecule has 1 aromatic carbocycles. The highest BCUT2D eigenvalue weighted by atomic mass is 19.4. The molecule has 0 bridgehead atoms. The molecule has 1 aromatic rings. The third-order valence-electron chi connectivity index (χ3n) is 4.42. The van der Waals surface area contributed by atoms with Gasteiger partial charge in [-0.1, -0.05) is 6.07 Å². The number of alkyl halides is 3. The first-order chi connectivity index (χ1) is 12.5. The van der Waals surface area contributed by atoms with Gasteiger partial charge in [-0.3, -0.25) is 4.79 Å². The van der Waals surface area contributed by atoms with Crippen LogP contribution in [0.5, 0.6) is 0 Å². The van der Waals surface area contributed by atoms with E-state index in [4.69, 9.17) is 11.5 Å². The quantitative estimate of drug-likeness (QED) is 0.600. The molecule has 2 rings (SSSR count). The van der Waals surface area contributed by atoms with E-state index in [1.807, 2.05) is 0 Å². The molecular weight excluding hydrogens is 363 g/mol. The Morgan fingerprint density at radius 3 is 2.26 bits per heavy atom. The molecule has 148 valence electrons. The molecule has 0 aromatic heterocycles. The minimum atomic E-state index is -4.62. The number of carbonyl (C=O) groups excluding carboxylic acids is 2. The standard InChI is InChI=1S/C17H22F3N5O2/c1-24(2)16(27)25-7-5-10(6-8-25)12-4-3-11(14(26)23-15(21)22)9-13(12)17(18,19)20/h3-4,9-10H,5-8H2,1-2H3,(H4,21,22,23,26). The van der Waals surface area contributed by atoms with Crippen LogP contribution in [0.25, 0.3) is 0 Å². The SMILES string of the molecule is CN(C)C(=O)N1CCC(c2ccc(C(=O)N=C(N)N)cc2C(F)(F)F)CC1. The van der Waals surface area contributed by atoms with Gasteiger partial charge in [-0.2, -0.15) is 18.2 Å². The summed E-state index contributed by atoms with van der Waals surface area (Å²) in [6.45, 7) is 0.737. The number of aliphatic imine (C=N–C) groups is 1. The molecule has 27 heavy (non-hydrogen) atoms. The van der Waals surface area contributed by atoms with Crippen molar-refractivity contribution in [3.63, 3.8) is 0 Å². The van der Waals surface area contributed by atoms with E-state index in [1.165, 1.54) is 17.0 Å². The van der Waals surface area contributed by atoms with Crippen molar-refractivity contribution >= 4 is 17.9 Å². The molecule has 0 saturated carbocycles. The van der Waals surface area contributed by atoms with Gasteiger partial charge in [-0.15, -0.1) is 0 Å². The number of hydrogen-bond donors (Lipinski definition) is 2. The summed E-state index contributed by atoms with van der Waals surface area (Å²) in [4.78, 5) is 30.1. The fourth-order valence-electron chi connectivity index (χ4n) is 3.14. The average Bonchev–Trinajstić information content (AvgIpc) is 2.59. The van der Waals surface area contributed by atoms with E-state index in [0.29, 0.717) is 25.9 Å². The van der Waals surface area contributed by atoms with Gasteiger partial charge < -0.3 is 21.3 Å². The zero-order valence-corrected chi connectivity index (χ0v) is 15.1. The summed E-state index contributed by atoms with van der Waals surface area (Å²) in [5.41, 5.74) is 9.22. The maximum atomic E-state index is 13.6. The van der Waals surface area contributed by atoms with Crippen molar-refractivity contribution in [2.24, 2.45) is 16.5 Å².